The second-order valence-corrected chi connectivity index (χ2v) is 2.53. The minimum atomic E-state index is 0.422. The van der Waals surface area contributed by atoms with Crippen LogP contribution < -0.4 is 11.5 Å². The van der Waals surface area contributed by atoms with E-state index in [1.807, 2.05) is 11.6 Å². The zero-order chi connectivity index (χ0) is 8.01. The van der Waals surface area contributed by atoms with Gasteiger partial charge in [-0.25, -0.2) is 0 Å². The summed E-state index contributed by atoms with van der Waals surface area (Å²) in [5.74, 6) is 1.10. The molecule has 0 aliphatic carbocycles. The number of anilines is 2. The van der Waals surface area contributed by atoms with Gasteiger partial charge in [0.1, 0.15) is 5.82 Å². The van der Waals surface area contributed by atoms with Crippen LogP contribution in [0.15, 0.2) is 16.5 Å². The van der Waals surface area contributed by atoms with Crippen molar-refractivity contribution in [2.24, 2.45) is 7.05 Å². The van der Waals surface area contributed by atoms with Gasteiger partial charge < -0.3 is 20.5 Å². The van der Waals surface area contributed by atoms with Crippen LogP contribution in [0.25, 0.3) is 11.1 Å². The second-order valence-electron chi connectivity index (χ2n) is 2.53. The van der Waals surface area contributed by atoms with Crippen LogP contribution in [0.2, 0.25) is 0 Å². The van der Waals surface area contributed by atoms with E-state index in [4.69, 9.17) is 15.9 Å². The van der Waals surface area contributed by atoms with E-state index in [9.17, 15) is 0 Å². The molecule has 2 rings (SSSR count). The Morgan fingerprint density at radius 1 is 1.36 bits per heavy atom. The third-order valence-electron chi connectivity index (χ3n) is 1.79. The zero-order valence-corrected chi connectivity index (χ0v) is 6.16. The zero-order valence-electron chi connectivity index (χ0n) is 6.16. The van der Waals surface area contributed by atoms with Crippen molar-refractivity contribution in [3.63, 3.8) is 0 Å². The summed E-state index contributed by atoms with van der Waals surface area (Å²) < 4.78 is 6.98. The molecule has 2 aromatic rings. The van der Waals surface area contributed by atoms with Crippen LogP contribution >= 0.6 is 0 Å². The molecule has 11 heavy (non-hydrogen) atoms. The minimum absolute atomic E-state index is 0.422. The van der Waals surface area contributed by atoms with Crippen molar-refractivity contribution in [3.05, 3.63) is 12.1 Å². The highest BCUT2D eigenvalue weighted by molar-refractivity contribution is 5.81. The van der Waals surface area contributed by atoms with Crippen LogP contribution in [0.1, 0.15) is 0 Å². The molecular formula is C7H9N3O. The standard InChI is InChI=1S/C7H9N3O/c1-10-4-2-7(9)11-5(4)3-6(10)8/h2-3H,8-9H2,1H3. The maximum Gasteiger partial charge on any atom is 0.193 e. The molecule has 0 radical (unpaired) electrons. The molecule has 4 nitrogen and oxygen atoms in total. The van der Waals surface area contributed by atoms with Crippen LogP contribution in [0, 0.1) is 0 Å². The van der Waals surface area contributed by atoms with Crippen LogP contribution in [0.5, 0.6) is 0 Å². The monoisotopic (exact) mass is 151 g/mol. The topological polar surface area (TPSA) is 70.1 Å². The number of nitrogen functional groups attached to an aromatic ring is 2. The Balaban J connectivity index is 2.88. The third-order valence-corrected chi connectivity index (χ3v) is 1.79. The first-order valence-corrected chi connectivity index (χ1v) is 3.28. The average molecular weight is 151 g/mol. The minimum Gasteiger partial charge on any atom is -0.439 e. The van der Waals surface area contributed by atoms with E-state index in [0.717, 1.165) is 11.1 Å². The van der Waals surface area contributed by atoms with Gasteiger partial charge in [-0.05, 0) is 0 Å². The molecule has 0 aromatic carbocycles. The van der Waals surface area contributed by atoms with E-state index in [1.165, 1.54) is 0 Å². The number of rotatable bonds is 0. The lowest BCUT2D eigenvalue weighted by Crippen LogP contribution is -1.94. The molecule has 0 atom stereocenters. The van der Waals surface area contributed by atoms with Gasteiger partial charge >= 0.3 is 0 Å². The van der Waals surface area contributed by atoms with Gasteiger partial charge in [-0.15, -0.1) is 0 Å². The summed E-state index contributed by atoms with van der Waals surface area (Å²) in [6, 6.07) is 3.51. The molecule has 0 aliphatic heterocycles. The lowest BCUT2D eigenvalue weighted by molar-refractivity contribution is 0.638. The van der Waals surface area contributed by atoms with E-state index >= 15 is 0 Å². The van der Waals surface area contributed by atoms with Crippen LogP contribution in [0.4, 0.5) is 11.7 Å². The normalized spacial score (nSPS) is 11.0. The Kier molecular flexibility index (Phi) is 0.961. The lowest BCUT2D eigenvalue weighted by atomic mass is 10.5. The maximum atomic E-state index is 5.61. The summed E-state index contributed by atoms with van der Waals surface area (Å²) in [6.07, 6.45) is 0. The van der Waals surface area contributed by atoms with Crippen LogP contribution in [-0.4, -0.2) is 4.57 Å². The molecule has 0 fully saturated rings. The highest BCUT2D eigenvalue weighted by Gasteiger charge is 2.06. The van der Waals surface area contributed by atoms with Gasteiger partial charge in [-0.3, -0.25) is 0 Å². The van der Waals surface area contributed by atoms with E-state index in [-0.39, 0.29) is 0 Å². The number of aromatic nitrogens is 1. The van der Waals surface area contributed by atoms with Crippen molar-refractivity contribution in [2.45, 2.75) is 0 Å². The van der Waals surface area contributed by atoms with Gasteiger partial charge in [-0.1, -0.05) is 0 Å². The summed E-state index contributed by atoms with van der Waals surface area (Å²) in [5.41, 5.74) is 12.7. The summed E-state index contributed by atoms with van der Waals surface area (Å²) in [5, 5.41) is 0. The molecule has 0 saturated carbocycles. The van der Waals surface area contributed by atoms with Crippen LogP contribution in [0.3, 0.4) is 0 Å². The fraction of sp³-hybridized carbons (Fsp3) is 0.143. The number of furan rings is 1. The number of nitrogens with zero attached hydrogens (tertiary/aromatic N) is 1. The van der Waals surface area contributed by atoms with Gasteiger partial charge in [0.2, 0.25) is 0 Å². The van der Waals surface area contributed by atoms with Crippen molar-refractivity contribution in [1.29, 1.82) is 0 Å². The van der Waals surface area contributed by atoms with E-state index in [1.54, 1.807) is 12.1 Å². The van der Waals surface area contributed by atoms with Gasteiger partial charge in [0, 0.05) is 19.2 Å². The molecule has 4 heteroatoms. The number of nitrogens with two attached hydrogens (primary N) is 2. The predicted octanol–water partition coefficient (Wildman–Crippen LogP) is 0.936. The maximum absolute atomic E-state index is 5.61. The highest BCUT2D eigenvalue weighted by atomic mass is 16.3. The Labute approximate surface area is 63.4 Å². The summed E-state index contributed by atoms with van der Waals surface area (Å²) in [7, 11) is 1.87. The fourth-order valence-electron chi connectivity index (χ4n) is 1.15. The SMILES string of the molecule is Cn1c(N)cc2oc(N)cc21. The molecule has 0 aliphatic rings. The van der Waals surface area contributed by atoms with Crippen molar-refractivity contribution >= 4 is 22.8 Å². The highest BCUT2D eigenvalue weighted by Crippen LogP contribution is 2.24. The Morgan fingerprint density at radius 3 is 2.73 bits per heavy atom. The van der Waals surface area contributed by atoms with Crippen molar-refractivity contribution in [2.75, 3.05) is 11.5 Å². The molecule has 2 heterocycles. The number of hydrogen-bond acceptors (Lipinski definition) is 3. The molecule has 2 aromatic heterocycles. The molecule has 0 bridgehead atoms. The van der Waals surface area contributed by atoms with Gasteiger partial charge in [-0.2, -0.15) is 0 Å². The smallest absolute Gasteiger partial charge is 0.193 e. The lowest BCUT2D eigenvalue weighted by Gasteiger charge is -1.93. The summed E-state index contributed by atoms with van der Waals surface area (Å²) in [4.78, 5) is 0. The molecule has 4 N–H and O–H groups in total. The molecule has 0 amide bonds. The molecule has 0 saturated heterocycles. The fourth-order valence-corrected chi connectivity index (χ4v) is 1.15. The van der Waals surface area contributed by atoms with Gasteiger partial charge in [0.25, 0.3) is 0 Å². The van der Waals surface area contributed by atoms with Crippen molar-refractivity contribution in [3.8, 4) is 0 Å². The quantitative estimate of drug-likeness (QED) is 0.588. The van der Waals surface area contributed by atoms with Gasteiger partial charge in [0.15, 0.2) is 11.5 Å². The number of fused-ring (bicyclic) bond motifs is 1. The Bertz CT molecular complexity index is 399. The predicted molar refractivity (Wildman–Crippen MR) is 44.0 cm³/mol. The van der Waals surface area contributed by atoms with Crippen molar-refractivity contribution in [1.82, 2.24) is 4.57 Å². The van der Waals surface area contributed by atoms with E-state index in [2.05, 4.69) is 0 Å². The number of aryl methyl sites for hydroxylation is 1. The van der Waals surface area contributed by atoms with E-state index in [0.29, 0.717) is 11.7 Å². The Hall–Kier alpha value is -1.58. The first kappa shape index (κ1) is 6.15. The molecule has 58 valence electrons. The first-order chi connectivity index (χ1) is 5.18. The summed E-state index contributed by atoms with van der Waals surface area (Å²) in [6.45, 7) is 0. The average Bonchev–Trinajstić information content (AvgIpc) is 2.37. The van der Waals surface area contributed by atoms with Crippen LogP contribution in [-0.2, 0) is 7.05 Å². The number of hydrogen-bond donors (Lipinski definition) is 2. The molecule has 0 unspecified atom stereocenters. The molecular weight excluding hydrogens is 142 g/mol. The summed E-state index contributed by atoms with van der Waals surface area (Å²) >= 11 is 0. The van der Waals surface area contributed by atoms with E-state index < -0.39 is 0 Å². The van der Waals surface area contributed by atoms with Crippen molar-refractivity contribution < 1.29 is 4.42 Å². The first-order valence-electron chi connectivity index (χ1n) is 3.28. The van der Waals surface area contributed by atoms with Gasteiger partial charge in [0.05, 0.1) is 5.52 Å². The molecule has 0 spiro atoms. The largest absolute Gasteiger partial charge is 0.439 e. The second kappa shape index (κ2) is 1.72. The Morgan fingerprint density at radius 2 is 2.09 bits per heavy atom. The third kappa shape index (κ3) is 0.690.